The van der Waals surface area contributed by atoms with Crippen molar-refractivity contribution in [3.05, 3.63) is 47.2 Å². The highest BCUT2D eigenvalue weighted by Gasteiger charge is 2.13. The molecule has 4 heteroatoms. The first-order valence-electron chi connectivity index (χ1n) is 6.10. The van der Waals surface area contributed by atoms with Gasteiger partial charge in [-0.2, -0.15) is 0 Å². The Bertz CT molecular complexity index is 509. The second-order valence-electron chi connectivity index (χ2n) is 5.42. The van der Waals surface area contributed by atoms with Gasteiger partial charge in [-0.3, -0.25) is 0 Å². The molecule has 0 aliphatic carbocycles. The predicted molar refractivity (Wildman–Crippen MR) is 70.1 cm³/mol. The first-order valence-corrected chi connectivity index (χ1v) is 6.10. The number of rotatable bonds is 3. The maximum atomic E-state index is 5.43. The molecule has 1 aromatic heterocycles. The summed E-state index contributed by atoms with van der Waals surface area (Å²) in [5, 5.41) is 7.80. The van der Waals surface area contributed by atoms with Crippen LogP contribution in [0.5, 0.6) is 0 Å². The lowest BCUT2D eigenvalue weighted by Crippen LogP contribution is -2.10. The smallest absolute Gasteiger partial charge is 0.230 e. The molecule has 2 N–H and O–H groups in total. The van der Waals surface area contributed by atoms with E-state index in [1.807, 2.05) is 0 Å². The molecule has 0 atom stereocenters. The van der Waals surface area contributed by atoms with Gasteiger partial charge in [-0.1, -0.05) is 45.0 Å². The van der Waals surface area contributed by atoms with E-state index < -0.39 is 0 Å². The van der Waals surface area contributed by atoms with Crippen LogP contribution in [0.25, 0.3) is 0 Å². The zero-order valence-corrected chi connectivity index (χ0v) is 11.1. The average molecular weight is 245 g/mol. The van der Waals surface area contributed by atoms with Crippen LogP contribution in [0.15, 0.2) is 28.7 Å². The summed E-state index contributed by atoms with van der Waals surface area (Å²) in [4.78, 5) is 0. The molecule has 2 rings (SSSR count). The third-order valence-corrected chi connectivity index (χ3v) is 2.86. The van der Waals surface area contributed by atoms with Gasteiger partial charge < -0.3 is 10.2 Å². The van der Waals surface area contributed by atoms with Gasteiger partial charge in [0.2, 0.25) is 11.8 Å². The van der Waals surface area contributed by atoms with Crippen molar-refractivity contribution in [2.45, 2.75) is 39.2 Å². The van der Waals surface area contributed by atoms with Gasteiger partial charge in [0.25, 0.3) is 0 Å². The van der Waals surface area contributed by atoms with Gasteiger partial charge in [-0.15, -0.1) is 10.2 Å². The van der Waals surface area contributed by atoms with E-state index >= 15 is 0 Å². The van der Waals surface area contributed by atoms with Crippen molar-refractivity contribution in [1.82, 2.24) is 10.2 Å². The third kappa shape index (κ3) is 2.96. The quantitative estimate of drug-likeness (QED) is 0.901. The first kappa shape index (κ1) is 12.8. The van der Waals surface area contributed by atoms with Crippen LogP contribution in [0, 0.1) is 0 Å². The SMILES string of the molecule is CC(C)(C)c1ccc(Cc2nnc(CN)o2)cc1. The van der Waals surface area contributed by atoms with E-state index in [1.54, 1.807) is 0 Å². The minimum atomic E-state index is 0.176. The molecular weight excluding hydrogens is 226 g/mol. The molecule has 0 saturated carbocycles. The molecule has 18 heavy (non-hydrogen) atoms. The summed E-state index contributed by atoms with van der Waals surface area (Å²) >= 11 is 0. The van der Waals surface area contributed by atoms with Crippen LogP contribution >= 0.6 is 0 Å². The maximum Gasteiger partial charge on any atom is 0.230 e. The summed E-state index contributed by atoms with van der Waals surface area (Å²) in [5.74, 6) is 1.09. The molecule has 0 amide bonds. The highest BCUT2D eigenvalue weighted by atomic mass is 16.4. The summed E-state index contributed by atoms with van der Waals surface area (Å²) in [6, 6.07) is 8.50. The molecule has 0 bridgehead atoms. The van der Waals surface area contributed by atoms with Gasteiger partial charge in [0.05, 0.1) is 13.0 Å². The lowest BCUT2D eigenvalue weighted by molar-refractivity contribution is 0.459. The van der Waals surface area contributed by atoms with Crippen molar-refractivity contribution in [3.63, 3.8) is 0 Å². The topological polar surface area (TPSA) is 64.9 Å². The molecule has 4 nitrogen and oxygen atoms in total. The Morgan fingerprint density at radius 1 is 1.06 bits per heavy atom. The number of nitrogens with two attached hydrogens (primary N) is 1. The minimum Gasteiger partial charge on any atom is -0.424 e. The van der Waals surface area contributed by atoms with E-state index in [4.69, 9.17) is 10.2 Å². The second-order valence-corrected chi connectivity index (χ2v) is 5.42. The van der Waals surface area contributed by atoms with Crippen molar-refractivity contribution in [3.8, 4) is 0 Å². The zero-order chi connectivity index (χ0) is 13.2. The molecule has 96 valence electrons. The molecule has 0 saturated heterocycles. The fourth-order valence-corrected chi connectivity index (χ4v) is 1.74. The van der Waals surface area contributed by atoms with E-state index in [0.717, 1.165) is 5.56 Å². The van der Waals surface area contributed by atoms with Gasteiger partial charge >= 0.3 is 0 Å². The molecule has 0 aliphatic rings. The number of nitrogens with zero attached hydrogens (tertiary/aromatic N) is 2. The van der Waals surface area contributed by atoms with E-state index in [2.05, 4.69) is 55.2 Å². The highest BCUT2D eigenvalue weighted by Crippen LogP contribution is 2.22. The van der Waals surface area contributed by atoms with Crippen molar-refractivity contribution < 1.29 is 4.42 Å². The Kier molecular flexibility index (Phi) is 3.48. The van der Waals surface area contributed by atoms with Crippen LogP contribution in [-0.4, -0.2) is 10.2 Å². The lowest BCUT2D eigenvalue weighted by Gasteiger charge is -2.18. The molecule has 0 fully saturated rings. The van der Waals surface area contributed by atoms with Gasteiger partial charge in [0.1, 0.15) is 0 Å². The molecule has 0 aliphatic heterocycles. The van der Waals surface area contributed by atoms with E-state index in [1.165, 1.54) is 5.56 Å². The Balaban J connectivity index is 2.11. The van der Waals surface area contributed by atoms with Crippen LogP contribution in [0.2, 0.25) is 0 Å². The summed E-state index contributed by atoms with van der Waals surface area (Å²) in [6.45, 7) is 6.89. The van der Waals surface area contributed by atoms with E-state index in [9.17, 15) is 0 Å². The number of hydrogen-bond donors (Lipinski definition) is 1. The zero-order valence-electron chi connectivity index (χ0n) is 11.1. The maximum absolute atomic E-state index is 5.43. The lowest BCUT2D eigenvalue weighted by atomic mass is 9.86. The van der Waals surface area contributed by atoms with Crippen LogP contribution in [0.3, 0.4) is 0 Å². The van der Waals surface area contributed by atoms with Crippen molar-refractivity contribution >= 4 is 0 Å². The highest BCUT2D eigenvalue weighted by molar-refractivity contribution is 5.28. The molecule has 0 radical (unpaired) electrons. The van der Waals surface area contributed by atoms with Crippen LogP contribution < -0.4 is 5.73 Å². The van der Waals surface area contributed by atoms with Crippen molar-refractivity contribution in [1.29, 1.82) is 0 Å². The van der Waals surface area contributed by atoms with Gasteiger partial charge in [-0.25, -0.2) is 0 Å². The largest absolute Gasteiger partial charge is 0.424 e. The van der Waals surface area contributed by atoms with Crippen LogP contribution in [-0.2, 0) is 18.4 Å². The molecule has 2 aromatic rings. The van der Waals surface area contributed by atoms with Crippen LogP contribution in [0.1, 0.15) is 43.7 Å². The molecule has 1 aromatic carbocycles. The Hall–Kier alpha value is -1.68. The number of benzene rings is 1. The van der Waals surface area contributed by atoms with Gasteiger partial charge in [0, 0.05) is 0 Å². The Labute approximate surface area is 107 Å². The van der Waals surface area contributed by atoms with Gasteiger partial charge in [-0.05, 0) is 16.5 Å². The molecule has 0 spiro atoms. The molecule has 0 unspecified atom stereocenters. The second kappa shape index (κ2) is 4.90. The van der Waals surface area contributed by atoms with E-state index in [0.29, 0.717) is 18.2 Å². The van der Waals surface area contributed by atoms with Crippen molar-refractivity contribution in [2.75, 3.05) is 0 Å². The summed E-state index contributed by atoms with van der Waals surface area (Å²) in [7, 11) is 0. The predicted octanol–water partition coefficient (Wildman–Crippen LogP) is 2.42. The van der Waals surface area contributed by atoms with Gasteiger partial charge in [0.15, 0.2) is 0 Å². The summed E-state index contributed by atoms with van der Waals surface area (Å²) < 4.78 is 5.39. The fraction of sp³-hybridized carbons (Fsp3) is 0.429. The molecule has 1 heterocycles. The van der Waals surface area contributed by atoms with Crippen molar-refractivity contribution in [2.24, 2.45) is 5.73 Å². The number of aromatic nitrogens is 2. The average Bonchev–Trinajstić information content (AvgIpc) is 2.76. The summed E-state index contributed by atoms with van der Waals surface area (Å²) in [6.07, 6.45) is 0.650. The fourth-order valence-electron chi connectivity index (χ4n) is 1.74. The number of hydrogen-bond acceptors (Lipinski definition) is 4. The molecular formula is C14H19N3O. The standard InChI is InChI=1S/C14H19N3O/c1-14(2,3)11-6-4-10(5-7-11)8-12-16-17-13(9-15)18-12/h4-7H,8-9,15H2,1-3H3. The summed E-state index contributed by atoms with van der Waals surface area (Å²) in [5.41, 5.74) is 8.09. The normalized spacial score (nSPS) is 11.8. The Morgan fingerprint density at radius 2 is 1.67 bits per heavy atom. The Morgan fingerprint density at radius 3 is 2.17 bits per heavy atom. The first-order chi connectivity index (χ1) is 8.49. The van der Waals surface area contributed by atoms with Crippen LogP contribution in [0.4, 0.5) is 0 Å². The minimum absolute atomic E-state index is 0.176. The third-order valence-electron chi connectivity index (χ3n) is 2.86. The van der Waals surface area contributed by atoms with E-state index in [-0.39, 0.29) is 12.0 Å². The monoisotopic (exact) mass is 245 g/mol.